The van der Waals surface area contributed by atoms with Crippen molar-refractivity contribution in [1.82, 2.24) is 29.8 Å². The van der Waals surface area contributed by atoms with E-state index in [1.54, 1.807) is 0 Å². The summed E-state index contributed by atoms with van der Waals surface area (Å²) in [7, 11) is 0. The van der Waals surface area contributed by atoms with Crippen LogP contribution >= 0.6 is 0 Å². The first kappa shape index (κ1) is 25.2. The van der Waals surface area contributed by atoms with Gasteiger partial charge < -0.3 is 0 Å². The summed E-state index contributed by atoms with van der Waals surface area (Å²) >= 11 is 0. The summed E-state index contributed by atoms with van der Waals surface area (Å²) in [6.07, 6.45) is -8.36. The van der Waals surface area contributed by atoms with Crippen molar-refractivity contribution in [3.63, 3.8) is 0 Å². The highest BCUT2D eigenvalue weighted by atomic mass is 19.4. The van der Waals surface area contributed by atoms with Crippen LogP contribution in [0, 0.1) is 0 Å². The van der Waals surface area contributed by atoms with E-state index in [0.717, 1.165) is 43.5 Å². The molecule has 0 bridgehead atoms. The van der Waals surface area contributed by atoms with Crippen molar-refractivity contribution < 1.29 is 26.3 Å². The molecule has 2 aromatic heterocycles. The number of hydrogen-bond donors (Lipinski definition) is 0. The second-order valence-electron chi connectivity index (χ2n) is 8.92. The predicted molar refractivity (Wildman–Crippen MR) is 124 cm³/mol. The Balaban J connectivity index is 1.37. The number of hydrogen-bond acceptors (Lipinski definition) is 5. The Kier molecular flexibility index (Phi) is 6.63. The number of piperazine rings is 1. The van der Waals surface area contributed by atoms with Crippen LogP contribution < -0.4 is 0 Å². The van der Waals surface area contributed by atoms with Gasteiger partial charge in [0.25, 0.3) is 0 Å². The zero-order valence-corrected chi connectivity index (χ0v) is 19.5. The molecule has 0 spiro atoms. The summed E-state index contributed by atoms with van der Waals surface area (Å²) < 4.78 is 82.2. The summed E-state index contributed by atoms with van der Waals surface area (Å²) in [5.74, 6) is 0. The molecular formula is C25H22F6N6. The van der Waals surface area contributed by atoms with Crippen LogP contribution in [-0.4, -0.2) is 56.0 Å². The summed E-state index contributed by atoms with van der Waals surface area (Å²) in [5.41, 5.74) is -1.90. The second-order valence-corrected chi connectivity index (χ2v) is 8.92. The first-order valence-electron chi connectivity index (χ1n) is 11.6. The van der Waals surface area contributed by atoms with Crippen LogP contribution in [-0.2, 0) is 25.4 Å². The lowest BCUT2D eigenvalue weighted by molar-refractivity contribution is -0.142. The van der Waals surface area contributed by atoms with E-state index in [9.17, 15) is 26.3 Å². The van der Waals surface area contributed by atoms with Gasteiger partial charge in [0.2, 0.25) is 0 Å². The zero-order valence-electron chi connectivity index (χ0n) is 19.5. The molecule has 5 rings (SSSR count). The van der Waals surface area contributed by atoms with E-state index in [-0.39, 0.29) is 11.1 Å². The minimum atomic E-state index is -4.94. The van der Waals surface area contributed by atoms with Crippen molar-refractivity contribution in [1.29, 1.82) is 0 Å². The smallest absolute Gasteiger partial charge is 0.297 e. The fourth-order valence-electron chi connectivity index (χ4n) is 4.46. The fraction of sp³-hybridized carbons (Fsp3) is 0.320. The standard InChI is InChI=1S/C25H22F6N6/c26-24(27,28)20-8-4-7-19-21(13-22(25(29,30)31)32-23(19)20)37-16-18(33-34-37)15-36-11-9-35(10-12-36)14-17-5-2-1-3-6-17/h1-8,13,16H,9-12,14-15H2. The maximum Gasteiger partial charge on any atom is 0.433 e. The molecule has 1 saturated heterocycles. The van der Waals surface area contributed by atoms with Crippen LogP contribution in [0.2, 0.25) is 0 Å². The normalized spacial score (nSPS) is 15.9. The Morgan fingerprint density at radius 2 is 1.43 bits per heavy atom. The lowest BCUT2D eigenvalue weighted by Gasteiger charge is -2.34. The molecule has 1 aliphatic rings. The monoisotopic (exact) mass is 520 g/mol. The van der Waals surface area contributed by atoms with Gasteiger partial charge in [0.15, 0.2) is 0 Å². The van der Waals surface area contributed by atoms with Crippen molar-refractivity contribution in [2.75, 3.05) is 26.2 Å². The molecule has 0 amide bonds. The number of benzene rings is 2. The average Bonchev–Trinajstić information content (AvgIpc) is 3.32. The van der Waals surface area contributed by atoms with Gasteiger partial charge in [-0.3, -0.25) is 9.80 Å². The highest BCUT2D eigenvalue weighted by molar-refractivity contribution is 5.90. The average molecular weight is 520 g/mol. The molecule has 0 radical (unpaired) electrons. The van der Waals surface area contributed by atoms with Gasteiger partial charge in [-0.1, -0.05) is 47.7 Å². The Labute approximate surface area is 208 Å². The third-order valence-electron chi connectivity index (χ3n) is 6.30. The van der Waals surface area contributed by atoms with E-state index in [0.29, 0.717) is 24.4 Å². The van der Waals surface area contributed by atoms with E-state index in [2.05, 4.69) is 37.2 Å². The van der Waals surface area contributed by atoms with Gasteiger partial charge in [-0.2, -0.15) is 26.3 Å². The van der Waals surface area contributed by atoms with E-state index >= 15 is 0 Å². The van der Waals surface area contributed by atoms with E-state index in [1.807, 2.05) is 18.2 Å². The number of rotatable bonds is 5. The molecule has 6 nitrogen and oxygen atoms in total. The number of nitrogens with zero attached hydrogens (tertiary/aromatic N) is 6. The molecule has 0 atom stereocenters. The minimum Gasteiger partial charge on any atom is -0.297 e. The third kappa shape index (κ3) is 5.59. The summed E-state index contributed by atoms with van der Waals surface area (Å²) in [5, 5.41) is 7.92. The summed E-state index contributed by atoms with van der Waals surface area (Å²) in [6, 6.07) is 14.0. The number of para-hydroxylation sites is 1. The van der Waals surface area contributed by atoms with Crippen molar-refractivity contribution in [3.05, 3.63) is 83.3 Å². The molecule has 0 unspecified atom stereocenters. The Bertz CT molecular complexity index is 1370. The van der Waals surface area contributed by atoms with Crippen LogP contribution in [0.15, 0.2) is 60.8 Å². The molecule has 2 aromatic carbocycles. The van der Waals surface area contributed by atoms with Crippen LogP contribution in [0.25, 0.3) is 16.6 Å². The van der Waals surface area contributed by atoms with Crippen molar-refractivity contribution in [2.24, 2.45) is 0 Å². The Morgan fingerprint density at radius 1 is 0.757 bits per heavy atom. The molecule has 1 aliphatic heterocycles. The molecule has 12 heteroatoms. The number of alkyl halides is 6. The third-order valence-corrected chi connectivity index (χ3v) is 6.30. The number of halogens is 6. The minimum absolute atomic E-state index is 0.103. The fourth-order valence-corrected chi connectivity index (χ4v) is 4.46. The first-order valence-corrected chi connectivity index (χ1v) is 11.6. The Morgan fingerprint density at radius 3 is 2.08 bits per heavy atom. The molecule has 3 heterocycles. The lowest BCUT2D eigenvalue weighted by Crippen LogP contribution is -2.45. The molecule has 1 fully saturated rings. The maximum atomic E-state index is 13.5. The second kappa shape index (κ2) is 9.75. The van der Waals surface area contributed by atoms with Gasteiger partial charge in [-0.15, -0.1) is 5.10 Å². The van der Waals surface area contributed by atoms with Crippen LogP contribution in [0.1, 0.15) is 22.5 Å². The molecule has 0 saturated carbocycles. The molecule has 37 heavy (non-hydrogen) atoms. The Hall–Kier alpha value is -3.51. The lowest BCUT2D eigenvalue weighted by atomic mass is 10.1. The summed E-state index contributed by atoms with van der Waals surface area (Å²) in [4.78, 5) is 7.81. The van der Waals surface area contributed by atoms with E-state index in [1.165, 1.54) is 17.8 Å². The molecule has 0 aliphatic carbocycles. The maximum absolute atomic E-state index is 13.5. The molecule has 0 N–H and O–H groups in total. The highest BCUT2D eigenvalue weighted by Crippen LogP contribution is 2.38. The largest absolute Gasteiger partial charge is 0.433 e. The quantitative estimate of drug-likeness (QED) is 0.340. The van der Waals surface area contributed by atoms with Gasteiger partial charge in [-0.25, -0.2) is 9.67 Å². The van der Waals surface area contributed by atoms with Crippen molar-refractivity contribution in [3.8, 4) is 5.69 Å². The van der Waals surface area contributed by atoms with Crippen LogP contribution in [0.5, 0.6) is 0 Å². The SMILES string of the molecule is FC(F)(F)c1cc(-n2cc(CN3CCN(Cc4ccccc4)CC3)nn2)c2cccc(C(F)(F)F)c2n1. The van der Waals surface area contributed by atoms with Crippen LogP contribution in [0.4, 0.5) is 26.3 Å². The molecule has 4 aromatic rings. The summed E-state index contributed by atoms with van der Waals surface area (Å²) in [6.45, 7) is 4.49. The van der Waals surface area contributed by atoms with E-state index in [4.69, 9.17) is 0 Å². The molecule has 194 valence electrons. The number of aromatic nitrogens is 4. The predicted octanol–water partition coefficient (Wildman–Crippen LogP) is 5.17. The number of pyridine rings is 1. The van der Waals surface area contributed by atoms with Gasteiger partial charge in [0, 0.05) is 44.7 Å². The van der Waals surface area contributed by atoms with Crippen molar-refractivity contribution in [2.45, 2.75) is 25.4 Å². The van der Waals surface area contributed by atoms with Crippen LogP contribution in [0.3, 0.4) is 0 Å². The van der Waals surface area contributed by atoms with Gasteiger partial charge >= 0.3 is 12.4 Å². The van der Waals surface area contributed by atoms with E-state index < -0.39 is 29.1 Å². The van der Waals surface area contributed by atoms with Crippen molar-refractivity contribution >= 4 is 10.9 Å². The zero-order chi connectivity index (χ0) is 26.2. The topological polar surface area (TPSA) is 50.1 Å². The molecular weight excluding hydrogens is 498 g/mol. The van der Waals surface area contributed by atoms with Gasteiger partial charge in [0.1, 0.15) is 5.69 Å². The highest BCUT2D eigenvalue weighted by Gasteiger charge is 2.37. The first-order chi connectivity index (χ1) is 17.6. The van der Waals surface area contributed by atoms with Gasteiger partial charge in [-0.05, 0) is 17.7 Å². The van der Waals surface area contributed by atoms with Gasteiger partial charge in [0.05, 0.1) is 28.7 Å². The number of fused-ring (bicyclic) bond motifs is 1.